The maximum Gasteiger partial charge on any atom is 0.276 e. The van der Waals surface area contributed by atoms with Gasteiger partial charge in [-0.1, -0.05) is 9.83 Å². The highest BCUT2D eigenvalue weighted by Crippen LogP contribution is 2.42. The average molecular weight is 566 g/mol. The quantitative estimate of drug-likeness (QED) is 0.0783. The van der Waals surface area contributed by atoms with Crippen molar-refractivity contribution in [3.8, 4) is 0 Å². The number of nitrogens with zero attached hydrogens (tertiary/aromatic N) is 4. The Morgan fingerprint density at radius 2 is 2.16 bits per heavy atom. The van der Waals surface area contributed by atoms with Crippen molar-refractivity contribution in [2.75, 3.05) is 37.2 Å². The summed E-state index contributed by atoms with van der Waals surface area (Å²) in [5, 5.41) is 27.9. The normalized spacial score (nSPS) is 21.0. The lowest BCUT2D eigenvalue weighted by Crippen LogP contribution is -2.71. The monoisotopic (exact) mass is 565 g/mol. The number of carboxylic acid groups (broad SMARTS) is 1. The van der Waals surface area contributed by atoms with Gasteiger partial charge < -0.3 is 30.9 Å². The maximum absolute atomic E-state index is 12.9. The third-order valence-electron chi connectivity index (χ3n) is 5.24. The van der Waals surface area contributed by atoms with Crippen molar-refractivity contribution in [1.29, 1.82) is 0 Å². The topological polar surface area (TPSA) is 186 Å². The Kier molecular flexibility index (Phi) is 8.52. The first-order valence-corrected chi connectivity index (χ1v) is 13.7. The van der Waals surface area contributed by atoms with Gasteiger partial charge in [-0.05, 0) is 6.08 Å². The number of aromatic nitrogens is 2. The highest BCUT2D eigenvalue weighted by molar-refractivity contribution is 8.04. The fraction of sp³-hybridized carbons (Fsp3) is 0.333. The Balaban J connectivity index is 1.44. The molecule has 2 aliphatic heterocycles. The number of carbonyl (C=O) groups is 3. The number of rotatable bonds is 11. The van der Waals surface area contributed by atoms with E-state index >= 15 is 0 Å². The lowest BCUT2D eigenvalue weighted by Gasteiger charge is -2.51. The van der Waals surface area contributed by atoms with Crippen LogP contribution in [0.5, 0.6) is 0 Å². The molecular formula is C21H23N7O6S3. The largest absolute Gasteiger partial charge is 0.543 e. The molecule has 1 fully saturated rings. The number of aliphatic hydroxyl groups is 1. The molecule has 4 heterocycles. The molecule has 1 saturated heterocycles. The number of aliphatic hydroxyl groups excluding tert-OH is 1. The zero-order valence-electron chi connectivity index (χ0n) is 19.4. The van der Waals surface area contributed by atoms with E-state index in [4.69, 9.17) is 15.7 Å². The van der Waals surface area contributed by atoms with E-state index in [-0.39, 0.29) is 34.1 Å². The molecule has 13 nitrogen and oxygen atoms in total. The minimum absolute atomic E-state index is 0.0115. The van der Waals surface area contributed by atoms with E-state index in [1.807, 2.05) is 12.1 Å². The number of nitrogens with one attached hydrogen (secondary N) is 2. The van der Waals surface area contributed by atoms with E-state index < -0.39 is 29.2 Å². The second-order valence-corrected chi connectivity index (χ2v) is 11.0. The summed E-state index contributed by atoms with van der Waals surface area (Å²) in [7, 11) is 1.27. The van der Waals surface area contributed by atoms with E-state index in [1.165, 1.54) is 42.1 Å². The lowest BCUT2D eigenvalue weighted by molar-refractivity contribution is -0.650. The predicted octanol–water partition coefficient (Wildman–Crippen LogP) is -1.91. The first-order valence-electron chi connectivity index (χ1n) is 10.9. The number of thioether (sulfide) groups is 2. The molecule has 0 spiro atoms. The molecule has 2 aromatic rings. The molecule has 3 atom stereocenters. The van der Waals surface area contributed by atoms with Gasteiger partial charge in [0.05, 0.1) is 24.8 Å². The number of thiazole rings is 1. The zero-order chi connectivity index (χ0) is 26.5. The highest BCUT2D eigenvalue weighted by Gasteiger charge is 2.53. The van der Waals surface area contributed by atoms with Gasteiger partial charge in [-0.15, -0.1) is 34.9 Å². The summed E-state index contributed by atoms with van der Waals surface area (Å²) >= 11 is 4.00. The van der Waals surface area contributed by atoms with Crippen molar-refractivity contribution in [1.82, 2.24) is 15.2 Å². The summed E-state index contributed by atoms with van der Waals surface area (Å²) in [6.45, 7) is 0.426. The van der Waals surface area contributed by atoms with Crippen LogP contribution < -0.4 is 26.3 Å². The van der Waals surface area contributed by atoms with E-state index in [1.54, 1.807) is 17.1 Å². The summed E-state index contributed by atoms with van der Waals surface area (Å²) in [6, 6.07) is 2.80. The van der Waals surface area contributed by atoms with Gasteiger partial charge in [0, 0.05) is 33.4 Å². The molecule has 0 saturated carbocycles. The van der Waals surface area contributed by atoms with E-state index in [2.05, 4.69) is 20.9 Å². The van der Waals surface area contributed by atoms with Crippen LogP contribution >= 0.6 is 34.9 Å². The second-order valence-electron chi connectivity index (χ2n) is 7.64. The number of carbonyl (C=O) groups excluding carboxylic acids is 3. The van der Waals surface area contributed by atoms with Crippen molar-refractivity contribution in [2.24, 2.45) is 5.16 Å². The number of hydrogen-bond acceptors (Lipinski definition) is 13. The fourth-order valence-corrected chi connectivity index (χ4v) is 6.67. The molecule has 0 aromatic carbocycles. The fourth-order valence-electron chi connectivity index (χ4n) is 3.59. The Morgan fingerprint density at radius 3 is 2.78 bits per heavy atom. The molecule has 2 aliphatic rings. The Hall–Kier alpha value is -3.34. The first-order chi connectivity index (χ1) is 17.8. The van der Waals surface area contributed by atoms with Crippen molar-refractivity contribution in [3.63, 3.8) is 0 Å². The number of pyridine rings is 1. The number of anilines is 1. The number of nitrogens with two attached hydrogens (primary N) is 1. The molecule has 1 unspecified atom stereocenters. The third-order valence-corrected chi connectivity index (χ3v) is 8.67. The molecule has 0 bridgehead atoms. The first kappa shape index (κ1) is 26.7. The van der Waals surface area contributed by atoms with Gasteiger partial charge in [-0.3, -0.25) is 14.5 Å². The van der Waals surface area contributed by atoms with Crippen LogP contribution in [0.2, 0.25) is 0 Å². The Morgan fingerprint density at radius 1 is 1.41 bits per heavy atom. The number of nitrogen functional groups attached to an aromatic ring is 1. The average Bonchev–Trinajstić information content (AvgIpc) is 3.33. The smallest absolute Gasteiger partial charge is 0.276 e. The van der Waals surface area contributed by atoms with Crippen LogP contribution in [0.15, 0.2) is 51.7 Å². The highest BCUT2D eigenvalue weighted by atomic mass is 32.2. The van der Waals surface area contributed by atoms with E-state index in [9.17, 15) is 19.5 Å². The Bertz CT molecular complexity index is 1240. The molecule has 2 amide bonds. The molecule has 2 aromatic heterocycles. The van der Waals surface area contributed by atoms with Crippen LogP contribution in [0.25, 0.3) is 0 Å². The number of hydrogen-bond donors (Lipinski definition) is 4. The summed E-state index contributed by atoms with van der Waals surface area (Å²) in [6.07, 6.45) is 5.12. The van der Waals surface area contributed by atoms with Crippen molar-refractivity contribution in [2.45, 2.75) is 21.6 Å². The third kappa shape index (κ3) is 5.98. The van der Waals surface area contributed by atoms with Gasteiger partial charge in [-0.25, -0.2) is 4.98 Å². The van der Waals surface area contributed by atoms with Gasteiger partial charge in [-0.2, -0.15) is 5.43 Å². The number of oxime groups is 1. The van der Waals surface area contributed by atoms with Gasteiger partial charge in [0.1, 0.15) is 24.2 Å². The minimum Gasteiger partial charge on any atom is -0.543 e. The summed E-state index contributed by atoms with van der Waals surface area (Å²) in [4.78, 5) is 48.4. The van der Waals surface area contributed by atoms with Crippen molar-refractivity contribution >= 4 is 63.5 Å². The maximum atomic E-state index is 12.9. The van der Waals surface area contributed by atoms with E-state index in [0.29, 0.717) is 12.3 Å². The molecule has 0 radical (unpaired) electrons. The molecule has 37 heavy (non-hydrogen) atoms. The van der Waals surface area contributed by atoms with Gasteiger partial charge in [0.15, 0.2) is 10.8 Å². The molecule has 0 aliphatic carbocycles. The minimum atomic E-state index is -1.46. The van der Waals surface area contributed by atoms with Crippen molar-refractivity contribution in [3.05, 3.63) is 47.4 Å². The molecular weight excluding hydrogens is 542 g/mol. The van der Waals surface area contributed by atoms with Crippen LogP contribution in [0.4, 0.5) is 5.13 Å². The summed E-state index contributed by atoms with van der Waals surface area (Å²) in [5.74, 6) is -2.21. The van der Waals surface area contributed by atoms with Crippen LogP contribution in [0.3, 0.4) is 0 Å². The number of carboxylic acids is 1. The molecule has 16 heteroatoms. The standard InChI is InChI=1S/C21H23N7O6S3/c1-34-26-15(13-10-36-21(22)24-13)17(30)25-16-18(31)28-14(20(32)33)8-12(37-19(16)28)9-35-11-2-5-27(6-3-11)23-4-7-29/h2-3,5-6,8,10,12,16,19,23,29H,4,7,9H2,1H3,(H3-,22,24,25,30,32,33)/b26-15-/t12?,16-,19-/m1/s1. The summed E-state index contributed by atoms with van der Waals surface area (Å²) < 4.78 is 1.72. The number of amides is 2. The van der Waals surface area contributed by atoms with Crippen LogP contribution in [-0.4, -0.2) is 81.2 Å². The van der Waals surface area contributed by atoms with Gasteiger partial charge in [0.2, 0.25) is 12.4 Å². The van der Waals surface area contributed by atoms with Gasteiger partial charge >= 0.3 is 0 Å². The van der Waals surface area contributed by atoms with Crippen LogP contribution in [0.1, 0.15) is 5.69 Å². The van der Waals surface area contributed by atoms with E-state index in [0.717, 1.165) is 21.1 Å². The molecule has 196 valence electrons. The van der Waals surface area contributed by atoms with Crippen LogP contribution in [-0.2, 0) is 19.2 Å². The summed E-state index contributed by atoms with van der Waals surface area (Å²) in [5.41, 5.74) is 8.46. The zero-order valence-corrected chi connectivity index (χ0v) is 21.8. The number of fused-ring (bicyclic) bond motifs is 1. The predicted molar refractivity (Wildman–Crippen MR) is 136 cm³/mol. The van der Waals surface area contributed by atoms with Crippen LogP contribution in [0, 0.1) is 0 Å². The SMILES string of the molecule is CO/N=C(\C(=O)N[C@@H]1C(=O)N2C(C(=O)[O-])=CC(CSc3cc[n+](NCCO)cc3)S[C@H]12)c1csc(N)n1. The molecule has 4 rings (SSSR count). The van der Waals surface area contributed by atoms with Gasteiger partial charge in [0.25, 0.3) is 11.8 Å². The van der Waals surface area contributed by atoms with Crippen molar-refractivity contribution < 1.29 is 34.1 Å². The molecule has 5 N–H and O–H groups in total. The lowest BCUT2D eigenvalue weighted by atomic mass is 10.0. The number of β-lactam (4-membered cyclic amide) rings is 1. The second kappa shape index (κ2) is 11.8. The Labute approximate surface area is 223 Å². The number of aliphatic carboxylic acids is 1.